The summed E-state index contributed by atoms with van der Waals surface area (Å²) >= 11 is 12.1. The van der Waals surface area contributed by atoms with Crippen molar-refractivity contribution in [2.45, 2.75) is 38.6 Å². The molecule has 0 saturated carbocycles. The molecule has 0 spiro atoms. The van der Waals surface area contributed by atoms with Gasteiger partial charge in [-0.3, -0.25) is 9.69 Å². The molecular formula is C13H13Cl2N3O2. The quantitative estimate of drug-likeness (QED) is 0.589. The molecule has 0 fully saturated rings. The fourth-order valence-corrected chi connectivity index (χ4v) is 2.48. The van der Waals surface area contributed by atoms with Crippen LogP contribution in [0.5, 0.6) is 0 Å². The van der Waals surface area contributed by atoms with E-state index in [0.29, 0.717) is 11.3 Å². The van der Waals surface area contributed by atoms with Crippen LogP contribution in [-0.2, 0) is 10.2 Å². The number of nitriles is 1. The highest BCUT2D eigenvalue weighted by Crippen LogP contribution is 2.38. The van der Waals surface area contributed by atoms with Gasteiger partial charge < -0.3 is 4.52 Å². The summed E-state index contributed by atoms with van der Waals surface area (Å²) in [4.78, 5) is 13.3. The monoisotopic (exact) mass is 313 g/mol. The smallest absolute Gasteiger partial charge is 0.272 e. The Morgan fingerprint density at radius 2 is 2.05 bits per heavy atom. The molecule has 1 atom stereocenters. The van der Waals surface area contributed by atoms with Gasteiger partial charge in [-0.15, -0.1) is 0 Å². The van der Waals surface area contributed by atoms with Gasteiger partial charge >= 0.3 is 0 Å². The minimum atomic E-state index is -0.764. The van der Waals surface area contributed by atoms with E-state index in [4.69, 9.17) is 27.7 Å². The maximum absolute atomic E-state index is 12.1. The summed E-state index contributed by atoms with van der Waals surface area (Å²) in [6.07, 6.45) is 0. The first-order chi connectivity index (χ1) is 9.20. The fraction of sp³-hybridized carbons (Fsp3) is 0.462. The second-order valence-electron chi connectivity index (χ2n) is 5.58. The molecule has 2 rings (SSSR count). The molecule has 0 saturated heterocycles. The largest absolute Gasteiger partial charge is 0.357 e. The van der Waals surface area contributed by atoms with Gasteiger partial charge in [-0.2, -0.15) is 5.26 Å². The van der Waals surface area contributed by atoms with Crippen LogP contribution in [0, 0.1) is 11.3 Å². The summed E-state index contributed by atoms with van der Waals surface area (Å²) in [5, 5.41) is 13.2. The van der Waals surface area contributed by atoms with Gasteiger partial charge in [0.2, 0.25) is 0 Å². The first-order valence-corrected chi connectivity index (χ1v) is 6.75. The van der Waals surface area contributed by atoms with Gasteiger partial charge in [-0.1, -0.05) is 49.1 Å². The first kappa shape index (κ1) is 14.9. The number of rotatable bonds is 1. The van der Waals surface area contributed by atoms with Crippen LogP contribution in [0.2, 0.25) is 0 Å². The lowest BCUT2D eigenvalue weighted by Gasteiger charge is -2.19. The number of amides is 1. The third-order valence-corrected chi connectivity index (χ3v) is 4.01. The number of hydrogen-bond acceptors (Lipinski definition) is 4. The van der Waals surface area contributed by atoms with Crippen molar-refractivity contribution in [3.05, 3.63) is 21.9 Å². The van der Waals surface area contributed by atoms with E-state index in [-0.39, 0.29) is 16.4 Å². The minimum absolute atomic E-state index is 0.0502. The van der Waals surface area contributed by atoms with Gasteiger partial charge in [0, 0.05) is 5.41 Å². The lowest BCUT2D eigenvalue weighted by atomic mass is 9.90. The molecule has 0 N–H and O–H groups in total. The summed E-state index contributed by atoms with van der Waals surface area (Å²) in [6.45, 7) is 7.32. The van der Waals surface area contributed by atoms with Crippen LogP contribution < -0.4 is 4.90 Å². The highest BCUT2D eigenvalue weighted by molar-refractivity contribution is 6.48. The number of alkyl halides is 1. The Bertz CT molecular complexity index is 650. The zero-order valence-electron chi connectivity index (χ0n) is 11.5. The summed E-state index contributed by atoms with van der Waals surface area (Å²) in [5.41, 5.74) is -0.439. The number of anilines is 1. The van der Waals surface area contributed by atoms with Crippen molar-refractivity contribution in [2.75, 3.05) is 4.90 Å². The normalized spacial score (nSPS) is 19.8. The van der Waals surface area contributed by atoms with E-state index in [1.807, 2.05) is 26.8 Å². The van der Waals surface area contributed by atoms with E-state index in [9.17, 15) is 10.1 Å². The SMILES string of the molecule is CC1=C(Cl)C(=O)N(c2noc(C(C)(C)C)c2C#N)C1Cl. The van der Waals surface area contributed by atoms with Gasteiger partial charge in [0.05, 0.1) is 0 Å². The van der Waals surface area contributed by atoms with E-state index in [2.05, 4.69) is 5.16 Å². The van der Waals surface area contributed by atoms with E-state index >= 15 is 0 Å². The summed E-state index contributed by atoms with van der Waals surface area (Å²) in [5.74, 6) is 0.0409. The summed E-state index contributed by atoms with van der Waals surface area (Å²) in [7, 11) is 0. The standard InChI is InChI=1S/C13H13Cl2N3O2/c1-6-8(14)12(19)18(10(6)15)11-7(5-16)9(20-17-11)13(2,3)4/h10H,1-4H3. The highest BCUT2D eigenvalue weighted by Gasteiger charge is 2.41. The van der Waals surface area contributed by atoms with Crippen LogP contribution in [0.1, 0.15) is 39.0 Å². The molecule has 0 radical (unpaired) electrons. The second kappa shape index (κ2) is 4.80. The maximum Gasteiger partial charge on any atom is 0.272 e. The van der Waals surface area contributed by atoms with Crippen molar-refractivity contribution in [2.24, 2.45) is 0 Å². The molecule has 20 heavy (non-hydrogen) atoms. The average Bonchev–Trinajstić information content (AvgIpc) is 2.86. The fourth-order valence-electron chi connectivity index (χ4n) is 1.94. The van der Waals surface area contributed by atoms with E-state index < -0.39 is 16.8 Å². The van der Waals surface area contributed by atoms with E-state index in [1.165, 1.54) is 4.90 Å². The second-order valence-corrected chi connectivity index (χ2v) is 6.37. The lowest BCUT2D eigenvalue weighted by Crippen LogP contribution is -2.32. The average molecular weight is 314 g/mol. The molecule has 1 aliphatic heterocycles. The van der Waals surface area contributed by atoms with Crippen LogP contribution in [0.25, 0.3) is 0 Å². The third-order valence-electron chi connectivity index (χ3n) is 3.03. The Kier molecular flexibility index (Phi) is 3.57. The number of carbonyl (C=O) groups is 1. The molecule has 1 unspecified atom stereocenters. The maximum atomic E-state index is 12.1. The van der Waals surface area contributed by atoms with Crippen molar-refractivity contribution in [3.8, 4) is 6.07 Å². The Labute approximate surface area is 126 Å². The Morgan fingerprint density at radius 1 is 1.45 bits per heavy atom. The van der Waals surface area contributed by atoms with Crippen LogP contribution >= 0.6 is 23.2 Å². The molecule has 1 amide bonds. The molecule has 2 heterocycles. The van der Waals surface area contributed by atoms with Gasteiger partial charge in [-0.25, -0.2) is 0 Å². The molecule has 0 aromatic carbocycles. The third kappa shape index (κ3) is 2.09. The number of aromatic nitrogens is 1. The van der Waals surface area contributed by atoms with Gasteiger partial charge in [0.15, 0.2) is 11.6 Å². The first-order valence-electron chi connectivity index (χ1n) is 5.94. The van der Waals surface area contributed by atoms with Gasteiger partial charge in [-0.05, 0) is 12.5 Å². The van der Waals surface area contributed by atoms with Crippen LogP contribution in [0.4, 0.5) is 5.82 Å². The predicted molar refractivity (Wildman–Crippen MR) is 75.6 cm³/mol. The summed E-state index contributed by atoms with van der Waals surface area (Å²) in [6, 6.07) is 2.03. The number of hydrogen-bond donors (Lipinski definition) is 0. The van der Waals surface area contributed by atoms with Crippen molar-refractivity contribution in [3.63, 3.8) is 0 Å². The molecule has 7 heteroatoms. The number of carbonyl (C=O) groups excluding carboxylic acids is 1. The molecule has 1 aromatic heterocycles. The Hall–Kier alpha value is -1.51. The molecule has 5 nitrogen and oxygen atoms in total. The molecule has 1 aromatic rings. The summed E-state index contributed by atoms with van der Waals surface area (Å²) < 4.78 is 5.24. The van der Waals surface area contributed by atoms with Crippen molar-refractivity contribution < 1.29 is 9.32 Å². The Morgan fingerprint density at radius 3 is 2.45 bits per heavy atom. The predicted octanol–water partition coefficient (Wildman–Crippen LogP) is 3.27. The lowest BCUT2D eigenvalue weighted by molar-refractivity contribution is -0.114. The van der Waals surface area contributed by atoms with Crippen LogP contribution in [0.15, 0.2) is 15.1 Å². The van der Waals surface area contributed by atoms with Crippen LogP contribution in [0.3, 0.4) is 0 Å². The van der Waals surface area contributed by atoms with Crippen molar-refractivity contribution in [1.29, 1.82) is 5.26 Å². The van der Waals surface area contributed by atoms with E-state index in [0.717, 1.165) is 0 Å². The van der Waals surface area contributed by atoms with Crippen molar-refractivity contribution >= 4 is 34.9 Å². The van der Waals surface area contributed by atoms with Gasteiger partial charge in [0.1, 0.15) is 22.2 Å². The topological polar surface area (TPSA) is 70.1 Å². The molecule has 106 valence electrons. The number of halogens is 2. The van der Waals surface area contributed by atoms with Crippen molar-refractivity contribution in [1.82, 2.24) is 5.16 Å². The number of nitrogens with zero attached hydrogens (tertiary/aromatic N) is 3. The van der Waals surface area contributed by atoms with Crippen LogP contribution in [-0.4, -0.2) is 16.6 Å². The highest BCUT2D eigenvalue weighted by atomic mass is 35.5. The zero-order valence-corrected chi connectivity index (χ0v) is 13.0. The van der Waals surface area contributed by atoms with Gasteiger partial charge in [0.25, 0.3) is 5.91 Å². The molecule has 1 aliphatic rings. The zero-order chi connectivity index (χ0) is 15.2. The molecule has 0 bridgehead atoms. The molecule has 0 aliphatic carbocycles. The molecular weight excluding hydrogens is 301 g/mol. The Balaban J connectivity index is 2.55. The van der Waals surface area contributed by atoms with E-state index in [1.54, 1.807) is 6.92 Å². The minimum Gasteiger partial charge on any atom is -0.357 e.